The Morgan fingerprint density at radius 3 is 2.39 bits per heavy atom. The largest absolute Gasteiger partial charge is 0.292 e. The number of pyridine rings is 1. The quantitative estimate of drug-likeness (QED) is 0.741. The Morgan fingerprint density at radius 1 is 0.944 bits per heavy atom. The standard InChI is InChI=1S/C15H17ClN2/c16-9-11-18(12-14-6-2-1-3-7-14)13-15-8-4-5-10-17-15/h1-8,10H,9,11-13H2. The molecular weight excluding hydrogens is 244 g/mol. The molecule has 0 aliphatic heterocycles. The first-order valence-electron chi connectivity index (χ1n) is 6.10. The van der Waals surface area contributed by atoms with E-state index in [9.17, 15) is 0 Å². The maximum atomic E-state index is 5.87. The fourth-order valence-electron chi connectivity index (χ4n) is 1.90. The van der Waals surface area contributed by atoms with E-state index in [4.69, 9.17) is 11.6 Å². The molecule has 0 saturated heterocycles. The number of rotatable bonds is 6. The van der Waals surface area contributed by atoms with Crippen LogP contribution in [-0.4, -0.2) is 22.3 Å². The van der Waals surface area contributed by atoms with Crippen LogP contribution < -0.4 is 0 Å². The fraction of sp³-hybridized carbons (Fsp3) is 0.267. The van der Waals surface area contributed by atoms with Gasteiger partial charge >= 0.3 is 0 Å². The molecule has 3 heteroatoms. The fourth-order valence-corrected chi connectivity index (χ4v) is 2.13. The van der Waals surface area contributed by atoms with Crippen molar-refractivity contribution in [1.29, 1.82) is 0 Å². The molecule has 94 valence electrons. The van der Waals surface area contributed by atoms with E-state index in [2.05, 4.69) is 34.1 Å². The predicted octanol–water partition coefficient (Wildman–Crippen LogP) is 3.32. The summed E-state index contributed by atoms with van der Waals surface area (Å²) in [5.41, 5.74) is 2.39. The van der Waals surface area contributed by atoms with Gasteiger partial charge in [-0.25, -0.2) is 0 Å². The predicted molar refractivity (Wildman–Crippen MR) is 75.5 cm³/mol. The second-order valence-electron chi connectivity index (χ2n) is 4.21. The Hall–Kier alpha value is -1.38. The van der Waals surface area contributed by atoms with Crippen LogP contribution in [0.5, 0.6) is 0 Å². The van der Waals surface area contributed by atoms with Crippen molar-refractivity contribution in [3.63, 3.8) is 0 Å². The maximum absolute atomic E-state index is 5.87. The van der Waals surface area contributed by atoms with Crippen LogP contribution in [0.25, 0.3) is 0 Å². The summed E-state index contributed by atoms with van der Waals surface area (Å²) in [6.45, 7) is 2.61. The zero-order valence-corrected chi connectivity index (χ0v) is 11.1. The summed E-state index contributed by atoms with van der Waals surface area (Å²) in [5.74, 6) is 0.639. The second-order valence-corrected chi connectivity index (χ2v) is 4.58. The van der Waals surface area contributed by atoms with Gasteiger partial charge < -0.3 is 0 Å². The minimum atomic E-state index is 0.639. The maximum Gasteiger partial charge on any atom is 0.0544 e. The molecule has 1 heterocycles. The number of halogens is 1. The lowest BCUT2D eigenvalue weighted by molar-refractivity contribution is 0.270. The van der Waals surface area contributed by atoms with Crippen molar-refractivity contribution in [2.24, 2.45) is 0 Å². The molecule has 2 rings (SSSR count). The smallest absolute Gasteiger partial charge is 0.0544 e. The van der Waals surface area contributed by atoms with Gasteiger partial charge in [-0.05, 0) is 17.7 Å². The zero-order chi connectivity index (χ0) is 12.6. The Balaban J connectivity index is 2.00. The lowest BCUT2D eigenvalue weighted by Crippen LogP contribution is -2.25. The molecule has 0 spiro atoms. The molecule has 0 N–H and O–H groups in total. The van der Waals surface area contributed by atoms with E-state index >= 15 is 0 Å². The van der Waals surface area contributed by atoms with E-state index in [-0.39, 0.29) is 0 Å². The van der Waals surface area contributed by atoms with Crippen LogP contribution in [0.15, 0.2) is 54.7 Å². The molecule has 0 radical (unpaired) electrons. The van der Waals surface area contributed by atoms with Crippen molar-refractivity contribution in [1.82, 2.24) is 9.88 Å². The third-order valence-electron chi connectivity index (χ3n) is 2.76. The normalized spacial score (nSPS) is 10.8. The van der Waals surface area contributed by atoms with E-state index < -0.39 is 0 Å². The minimum absolute atomic E-state index is 0.639. The first kappa shape index (κ1) is 13.1. The highest BCUT2D eigenvalue weighted by molar-refractivity contribution is 6.18. The number of nitrogens with zero attached hydrogens (tertiary/aromatic N) is 2. The lowest BCUT2D eigenvalue weighted by Gasteiger charge is -2.20. The first-order chi connectivity index (χ1) is 8.88. The summed E-state index contributed by atoms with van der Waals surface area (Å²) in [7, 11) is 0. The molecule has 0 amide bonds. The minimum Gasteiger partial charge on any atom is -0.292 e. The molecule has 0 aliphatic carbocycles. The van der Waals surface area contributed by atoms with Crippen LogP contribution in [0.1, 0.15) is 11.3 Å². The van der Waals surface area contributed by atoms with Crippen LogP contribution in [0.3, 0.4) is 0 Å². The molecule has 0 saturated carbocycles. The number of alkyl halides is 1. The molecule has 2 aromatic rings. The molecule has 0 bridgehead atoms. The summed E-state index contributed by atoms with van der Waals surface area (Å²) in [4.78, 5) is 6.67. The van der Waals surface area contributed by atoms with Gasteiger partial charge in [0.25, 0.3) is 0 Å². The third kappa shape index (κ3) is 4.13. The summed E-state index contributed by atoms with van der Waals surface area (Å²) >= 11 is 5.87. The summed E-state index contributed by atoms with van der Waals surface area (Å²) in [6, 6.07) is 16.4. The molecule has 0 atom stereocenters. The van der Waals surface area contributed by atoms with Gasteiger partial charge in [-0.15, -0.1) is 11.6 Å². The molecule has 2 nitrogen and oxygen atoms in total. The summed E-state index contributed by atoms with van der Waals surface area (Å²) < 4.78 is 0. The summed E-state index contributed by atoms with van der Waals surface area (Å²) in [5, 5.41) is 0. The molecule has 1 aromatic carbocycles. The number of aromatic nitrogens is 1. The van der Waals surface area contributed by atoms with Crippen molar-refractivity contribution in [2.75, 3.05) is 12.4 Å². The third-order valence-corrected chi connectivity index (χ3v) is 2.93. The first-order valence-corrected chi connectivity index (χ1v) is 6.64. The van der Waals surface area contributed by atoms with Crippen LogP contribution in [0.4, 0.5) is 0 Å². The highest BCUT2D eigenvalue weighted by atomic mass is 35.5. The second kappa shape index (κ2) is 7.14. The van der Waals surface area contributed by atoms with Crippen molar-refractivity contribution >= 4 is 11.6 Å². The van der Waals surface area contributed by atoms with Gasteiger partial charge in [0.2, 0.25) is 0 Å². The van der Waals surface area contributed by atoms with E-state index in [1.165, 1.54) is 5.56 Å². The van der Waals surface area contributed by atoms with Crippen LogP contribution >= 0.6 is 11.6 Å². The van der Waals surface area contributed by atoms with Gasteiger partial charge in [0.1, 0.15) is 0 Å². The Morgan fingerprint density at radius 2 is 1.72 bits per heavy atom. The van der Waals surface area contributed by atoms with Crippen LogP contribution in [0, 0.1) is 0 Å². The van der Waals surface area contributed by atoms with Crippen molar-refractivity contribution in [3.8, 4) is 0 Å². The Bertz CT molecular complexity index is 403. The van der Waals surface area contributed by atoms with Gasteiger partial charge in [0.05, 0.1) is 5.69 Å². The Kier molecular flexibility index (Phi) is 5.18. The zero-order valence-electron chi connectivity index (χ0n) is 10.3. The molecule has 0 fully saturated rings. The molecular formula is C15H17ClN2. The molecule has 18 heavy (non-hydrogen) atoms. The molecule has 0 aliphatic rings. The van der Waals surface area contributed by atoms with Gasteiger partial charge in [0.15, 0.2) is 0 Å². The molecule has 0 unspecified atom stereocenters. The average Bonchev–Trinajstić information content (AvgIpc) is 2.41. The van der Waals surface area contributed by atoms with Crippen LogP contribution in [-0.2, 0) is 13.1 Å². The number of hydrogen-bond acceptors (Lipinski definition) is 2. The van der Waals surface area contributed by atoms with Crippen LogP contribution in [0.2, 0.25) is 0 Å². The number of hydrogen-bond donors (Lipinski definition) is 0. The Labute approximate surface area is 113 Å². The monoisotopic (exact) mass is 260 g/mol. The topological polar surface area (TPSA) is 16.1 Å². The van der Waals surface area contributed by atoms with E-state index in [0.717, 1.165) is 25.3 Å². The van der Waals surface area contributed by atoms with E-state index in [0.29, 0.717) is 5.88 Å². The number of benzene rings is 1. The summed E-state index contributed by atoms with van der Waals surface area (Å²) in [6.07, 6.45) is 1.83. The van der Waals surface area contributed by atoms with E-state index in [1.54, 1.807) is 0 Å². The van der Waals surface area contributed by atoms with Crippen molar-refractivity contribution in [3.05, 3.63) is 66.0 Å². The van der Waals surface area contributed by atoms with E-state index in [1.807, 2.05) is 30.5 Å². The lowest BCUT2D eigenvalue weighted by atomic mass is 10.2. The van der Waals surface area contributed by atoms with Gasteiger partial charge in [0, 0.05) is 31.7 Å². The SMILES string of the molecule is ClCCN(Cc1ccccc1)Cc1ccccn1. The van der Waals surface area contributed by atoms with Gasteiger partial charge in [-0.3, -0.25) is 9.88 Å². The van der Waals surface area contributed by atoms with Crippen molar-refractivity contribution in [2.45, 2.75) is 13.1 Å². The highest BCUT2D eigenvalue weighted by Crippen LogP contribution is 2.08. The van der Waals surface area contributed by atoms with Crippen molar-refractivity contribution < 1.29 is 0 Å². The van der Waals surface area contributed by atoms with Gasteiger partial charge in [-0.1, -0.05) is 36.4 Å². The molecule has 1 aromatic heterocycles. The average molecular weight is 261 g/mol. The highest BCUT2D eigenvalue weighted by Gasteiger charge is 2.06. The van der Waals surface area contributed by atoms with Gasteiger partial charge in [-0.2, -0.15) is 0 Å².